The normalized spacial score (nSPS) is 11.9. The number of nitrogens with one attached hydrogen (secondary N) is 2. The van der Waals surface area contributed by atoms with Crippen molar-refractivity contribution in [2.45, 2.75) is 26.2 Å². The standard InChI is InChI=1S/C21H20F5N5O3S/c1-4-21(25,26)10-35(32,33)31-18-13(22)9-15(16(23)17(18)24)34-19-12(6-5-11(2)29-19)14-7-8-28-20(27-3)30-14/h5-9,31H,4,10H2,1-3H3,(H,27,28,30). The molecule has 0 aliphatic carbocycles. The van der Waals surface area contributed by atoms with E-state index in [9.17, 15) is 30.4 Å². The lowest BCUT2D eigenvalue weighted by molar-refractivity contribution is 0.0219. The van der Waals surface area contributed by atoms with Crippen molar-refractivity contribution in [2.24, 2.45) is 0 Å². The highest BCUT2D eigenvalue weighted by atomic mass is 32.2. The molecule has 188 valence electrons. The number of anilines is 2. The summed E-state index contributed by atoms with van der Waals surface area (Å²) in [7, 11) is -3.33. The Kier molecular flexibility index (Phi) is 7.43. The van der Waals surface area contributed by atoms with E-state index in [-0.39, 0.29) is 17.4 Å². The molecule has 3 aromatic rings. The maximum atomic E-state index is 14.7. The van der Waals surface area contributed by atoms with Gasteiger partial charge in [-0.15, -0.1) is 0 Å². The fourth-order valence-corrected chi connectivity index (χ4v) is 4.18. The lowest BCUT2D eigenvalue weighted by Crippen LogP contribution is -2.31. The summed E-state index contributed by atoms with van der Waals surface area (Å²) >= 11 is 0. The molecule has 0 spiro atoms. The fraction of sp³-hybridized carbons (Fsp3) is 0.286. The van der Waals surface area contributed by atoms with Crippen LogP contribution in [0.3, 0.4) is 0 Å². The van der Waals surface area contributed by atoms with E-state index in [4.69, 9.17) is 4.74 Å². The van der Waals surface area contributed by atoms with Gasteiger partial charge in [0.05, 0.1) is 11.3 Å². The third-order valence-corrected chi connectivity index (χ3v) is 5.98. The van der Waals surface area contributed by atoms with Gasteiger partial charge in [-0.1, -0.05) is 6.92 Å². The molecule has 2 N–H and O–H groups in total. The molecule has 14 heteroatoms. The largest absolute Gasteiger partial charge is 0.435 e. The second-order valence-electron chi connectivity index (χ2n) is 7.35. The Balaban J connectivity index is 1.99. The molecule has 0 fully saturated rings. The van der Waals surface area contributed by atoms with E-state index >= 15 is 0 Å². The number of sulfonamides is 1. The maximum absolute atomic E-state index is 14.7. The molecule has 8 nitrogen and oxygen atoms in total. The number of hydrogen-bond donors (Lipinski definition) is 2. The van der Waals surface area contributed by atoms with Crippen LogP contribution in [0.15, 0.2) is 30.5 Å². The molecule has 0 aliphatic rings. The van der Waals surface area contributed by atoms with Crippen LogP contribution in [0.25, 0.3) is 11.3 Å². The average molecular weight is 517 g/mol. The number of alkyl halides is 2. The van der Waals surface area contributed by atoms with Crippen LogP contribution in [0.2, 0.25) is 0 Å². The van der Waals surface area contributed by atoms with Gasteiger partial charge < -0.3 is 10.1 Å². The summed E-state index contributed by atoms with van der Waals surface area (Å²) < 4.78 is 101. The molecule has 0 radical (unpaired) electrons. The molecule has 0 unspecified atom stereocenters. The molecular weight excluding hydrogens is 497 g/mol. The van der Waals surface area contributed by atoms with E-state index in [0.29, 0.717) is 17.5 Å². The predicted octanol–water partition coefficient (Wildman–Crippen LogP) is 4.89. The number of rotatable bonds is 9. The van der Waals surface area contributed by atoms with Crippen LogP contribution in [0.4, 0.5) is 33.6 Å². The SMILES string of the molecule is CCC(F)(F)CS(=O)(=O)Nc1c(F)cc(Oc2nc(C)ccc2-c2ccnc(NC)n2)c(F)c1F. The maximum Gasteiger partial charge on any atom is 0.263 e. The fourth-order valence-electron chi connectivity index (χ4n) is 2.85. The van der Waals surface area contributed by atoms with Gasteiger partial charge >= 0.3 is 0 Å². The van der Waals surface area contributed by atoms with Crippen molar-refractivity contribution in [2.75, 3.05) is 22.8 Å². The Bertz CT molecular complexity index is 1360. The quantitative estimate of drug-likeness (QED) is 0.308. The van der Waals surface area contributed by atoms with E-state index in [2.05, 4.69) is 20.3 Å². The lowest BCUT2D eigenvalue weighted by atomic mass is 10.2. The van der Waals surface area contributed by atoms with Crippen molar-refractivity contribution >= 4 is 21.7 Å². The van der Waals surface area contributed by atoms with Gasteiger partial charge in [-0.3, -0.25) is 4.72 Å². The lowest BCUT2D eigenvalue weighted by Gasteiger charge is -2.17. The number of ether oxygens (including phenoxy) is 1. The molecule has 2 heterocycles. The first-order valence-electron chi connectivity index (χ1n) is 10.1. The third-order valence-electron chi connectivity index (χ3n) is 4.66. The Morgan fingerprint density at radius 2 is 1.80 bits per heavy atom. The summed E-state index contributed by atoms with van der Waals surface area (Å²) in [6.45, 7) is 2.63. The van der Waals surface area contributed by atoms with Gasteiger partial charge in [-0.2, -0.15) is 4.39 Å². The van der Waals surface area contributed by atoms with Crippen molar-refractivity contribution in [3.8, 4) is 22.9 Å². The van der Waals surface area contributed by atoms with E-state index < -0.39 is 57.0 Å². The van der Waals surface area contributed by atoms with Gasteiger partial charge in [-0.05, 0) is 25.1 Å². The van der Waals surface area contributed by atoms with Crippen LogP contribution in [0.5, 0.6) is 11.6 Å². The van der Waals surface area contributed by atoms with Crippen LogP contribution >= 0.6 is 0 Å². The van der Waals surface area contributed by atoms with Gasteiger partial charge in [0.15, 0.2) is 17.4 Å². The monoisotopic (exact) mass is 517 g/mol. The van der Waals surface area contributed by atoms with Crippen molar-refractivity contribution in [3.05, 3.63) is 53.6 Å². The van der Waals surface area contributed by atoms with Crippen molar-refractivity contribution in [1.82, 2.24) is 15.0 Å². The van der Waals surface area contributed by atoms with Crippen LogP contribution in [0, 0.1) is 24.4 Å². The Hall–Kier alpha value is -3.55. The minimum atomic E-state index is -4.91. The number of benzene rings is 1. The number of aryl methyl sites for hydroxylation is 1. The number of nitrogens with zero attached hydrogens (tertiary/aromatic N) is 3. The van der Waals surface area contributed by atoms with Gasteiger partial charge in [0.2, 0.25) is 27.7 Å². The molecule has 0 saturated heterocycles. The number of pyridine rings is 1. The van der Waals surface area contributed by atoms with Crippen molar-refractivity contribution < 1.29 is 35.1 Å². The second-order valence-corrected chi connectivity index (χ2v) is 9.08. The molecule has 0 aliphatic heterocycles. The molecule has 2 aromatic heterocycles. The molecule has 3 rings (SSSR count). The summed E-state index contributed by atoms with van der Waals surface area (Å²) in [6.07, 6.45) is 0.606. The summed E-state index contributed by atoms with van der Waals surface area (Å²) in [5.41, 5.74) is -0.487. The summed E-state index contributed by atoms with van der Waals surface area (Å²) in [6, 6.07) is 5.02. The van der Waals surface area contributed by atoms with E-state index in [1.807, 2.05) is 0 Å². The highest BCUT2D eigenvalue weighted by Gasteiger charge is 2.35. The molecule has 0 bridgehead atoms. The van der Waals surface area contributed by atoms with E-state index in [0.717, 1.165) is 6.92 Å². The first kappa shape index (κ1) is 26.1. The molecular formula is C21H20F5N5O3S. The van der Waals surface area contributed by atoms with E-state index in [1.165, 1.54) is 17.0 Å². The van der Waals surface area contributed by atoms with Gasteiger partial charge in [-0.25, -0.2) is 40.9 Å². The molecule has 0 amide bonds. The van der Waals surface area contributed by atoms with Gasteiger partial charge in [0, 0.05) is 31.4 Å². The summed E-state index contributed by atoms with van der Waals surface area (Å²) in [5, 5.41) is 2.74. The van der Waals surface area contributed by atoms with Gasteiger partial charge in [0.1, 0.15) is 11.4 Å². The number of aromatic nitrogens is 3. The molecule has 1 aromatic carbocycles. The minimum Gasteiger partial charge on any atom is -0.435 e. The highest BCUT2D eigenvalue weighted by Crippen LogP contribution is 2.36. The molecule has 0 atom stereocenters. The van der Waals surface area contributed by atoms with E-state index in [1.54, 1.807) is 26.1 Å². The average Bonchev–Trinajstić information content (AvgIpc) is 2.79. The number of hydrogen-bond acceptors (Lipinski definition) is 7. The third kappa shape index (κ3) is 6.12. The number of halogens is 5. The summed E-state index contributed by atoms with van der Waals surface area (Å²) in [4.78, 5) is 12.3. The van der Waals surface area contributed by atoms with Crippen LogP contribution in [-0.4, -0.2) is 42.1 Å². The summed E-state index contributed by atoms with van der Waals surface area (Å²) in [5.74, 6) is -11.7. The molecule has 0 saturated carbocycles. The van der Waals surface area contributed by atoms with Gasteiger partial charge in [0.25, 0.3) is 5.92 Å². The van der Waals surface area contributed by atoms with Crippen LogP contribution in [-0.2, 0) is 10.0 Å². The highest BCUT2D eigenvalue weighted by molar-refractivity contribution is 7.92. The Labute approximate surface area is 197 Å². The predicted molar refractivity (Wildman–Crippen MR) is 119 cm³/mol. The van der Waals surface area contributed by atoms with Crippen molar-refractivity contribution in [1.29, 1.82) is 0 Å². The molecule has 35 heavy (non-hydrogen) atoms. The minimum absolute atomic E-state index is 0.237. The van der Waals surface area contributed by atoms with Crippen molar-refractivity contribution in [3.63, 3.8) is 0 Å². The smallest absolute Gasteiger partial charge is 0.263 e. The zero-order chi connectivity index (χ0) is 26.0. The van der Waals surface area contributed by atoms with Crippen LogP contribution in [0.1, 0.15) is 19.0 Å². The zero-order valence-corrected chi connectivity index (χ0v) is 19.5. The topological polar surface area (TPSA) is 106 Å². The Morgan fingerprint density at radius 3 is 2.46 bits per heavy atom. The Morgan fingerprint density at radius 1 is 1.09 bits per heavy atom. The first-order chi connectivity index (χ1) is 16.4. The van der Waals surface area contributed by atoms with Crippen LogP contribution < -0.4 is 14.8 Å². The second kappa shape index (κ2) is 9.98. The zero-order valence-electron chi connectivity index (χ0n) is 18.7. The first-order valence-corrected chi connectivity index (χ1v) is 11.7.